The van der Waals surface area contributed by atoms with Crippen LogP contribution in [0, 0.1) is 0 Å². The molecule has 8 heteroatoms. The minimum absolute atomic E-state index is 0.438. The van der Waals surface area contributed by atoms with Crippen LogP contribution < -0.4 is 0 Å². The Balaban J connectivity index is 1.79. The molecule has 0 bridgehead atoms. The zero-order valence-electron chi connectivity index (χ0n) is 7.72. The summed E-state index contributed by atoms with van der Waals surface area (Å²) in [4.78, 5) is 0. The van der Waals surface area contributed by atoms with Gasteiger partial charge in [-0.2, -0.15) is 0 Å². The molecule has 0 atom stereocenters. The summed E-state index contributed by atoms with van der Waals surface area (Å²) in [5, 5.41) is 0. The maximum atomic E-state index is 4.52. The van der Waals surface area contributed by atoms with Gasteiger partial charge >= 0.3 is 138 Å². The van der Waals surface area contributed by atoms with Crippen molar-refractivity contribution >= 4 is 102 Å². The summed E-state index contributed by atoms with van der Waals surface area (Å²) in [7, 11) is 0. The van der Waals surface area contributed by atoms with Crippen LogP contribution in [0.1, 0.15) is 0 Å². The number of rotatable bonds is 0. The van der Waals surface area contributed by atoms with Crippen molar-refractivity contribution in [3.63, 3.8) is 0 Å². The van der Waals surface area contributed by atoms with E-state index in [1.807, 2.05) is 58.8 Å². The molecule has 0 aliphatic carbocycles. The third-order valence-electron chi connectivity index (χ3n) is 1.80. The number of hydrogen-bond acceptors (Lipinski definition) is 6. The monoisotopic (exact) mass is 453 g/mol. The molecule has 0 aromatic rings. The van der Waals surface area contributed by atoms with Crippen LogP contribution in [0.2, 0.25) is 0 Å². The molecule has 3 heterocycles. The van der Waals surface area contributed by atoms with Crippen molar-refractivity contribution in [1.82, 2.24) is 0 Å². The summed E-state index contributed by atoms with van der Waals surface area (Å²) in [5.74, 6) is 2.53. The van der Waals surface area contributed by atoms with E-state index in [0.717, 1.165) is 0 Å². The van der Waals surface area contributed by atoms with Gasteiger partial charge in [-0.05, 0) is 0 Å². The van der Waals surface area contributed by atoms with E-state index in [4.69, 9.17) is 0 Å². The predicted octanol–water partition coefficient (Wildman–Crippen LogP) is 3.88. The van der Waals surface area contributed by atoms with E-state index in [9.17, 15) is 0 Å². The van der Waals surface area contributed by atoms with Crippen LogP contribution in [0.3, 0.4) is 0 Å². The average molecular weight is 451 g/mol. The summed E-state index contributed by atoms with van der Waals surface area (Å²) < 4.78 is 8.65. The Morgan fingerprint density at radius 2 is 1.62 bits per heavy atom. The summed E-state index contributed by atoms with van der Waals surface area (Å²) in [6, 6.07) is 0. The Morgan fingerprint density at radius 3 is 2.12 bits per heavy atom. The summed E-state index contributed by atoms with van der Waals surface area (Å²) in [6.07, 6.45) is 0. The molecule has 3 aliphatic heterocycles. The van der Waals surface area contributed by atoms with Gasteiger partial charge in [-0.25, -0.2) is 0 Å². The Labute approximate surface area is 136 Å². The maximum absolute atomic E-state index is 4.52. The molecule has 3 rings (SSSR count). The van der Waals surface area contributed by atoms with E-state index in [-0.39, 0.29) is 0 Å². The molecule has 0 aromatic heterocycles. The Morgan fingerprint density at radius 1 is 1.00 bits per heavy atom. The molecule has 86 valence electrons. The molecule has 0 amide bonds. The zero-order valence-corrected chi connectivity index (χ0v) is 16.1. The second-order valence-electron chi connectivity index (χ2n) is 2.85. The summed E-state index contributed by atoms with van der Waals surface area (Å²) in [6.45, 7) is 0. The van der Waals surface area contributed by atoms with Crippen LogP contribution >= 0.6 is 71.4 Å². The van der Waals surface area contributed by atoms with E-state index in [1.54, 1.807) is 0 Å². The number of thiol groups is 1. The van der Waals surface area contributed by atoms with Gasteiger partial charge in [0.2, 0.25) is 0 Å². The van der Waals surface area contributed by atoms with Gasteiger partial charge in [0.15, 0.2) is 0 Å². The Hall–Kier alpha value is 2.36. The third kappa shape index (κ3) is 2.76. The second kappa shape index (κ2) is 5.78. The molecule has 0 fully saturated rings. The van der Waals surface area contributed by atoms with Crippen LogP contribution in [0.25, 0.3) is 0 Å². The van der Waals surface area contributed by atoms with Crippen molar-refractivity contribution in [2.45, 2.75) is 0 Å². The molecule has 16 heavy (non-hydrogen) atoms. The van der Waals surface area contributed by atoms with Crippen molar-refractivity contribution < 1.29 is 0 Å². The molecule has 0 unspecified atom stereocenters. The fourth-order valence-electron chi connectivity index (χ4n) is 1.16. The first-order chi connectivity index (χ1) is 7.74. The van der Waals surface area contributed by atoms with Crippen LogP contribution in [0.15, 0.2) is 24.1 Å². The molecule has 0 saturated heterocycles. The molecule has 3 aliphatic rings. The number of hydrogen-bond donors (Lipinski definition) is 1. The molecule has 0 N–H and O–H groups in total. The van der Waals surface area contributed by atoms with Gasteiger partial charge in [0.05, 0.1) is 0 Å². The second-order valence-corrected chi connectivity index (χ2v) is 14.2. The van der Waals surface area contributed by atoms with Crippen molar-refractivity contribution in [3.8, 4) is 0 Å². The van der Waals surface area contributed by atoms with E-state index in [2.05, 4.69) is 28.6 Å². The first kappa shape index (κ1) is 13.3. The van der Waals surface area contributed by atoms with E-state index >= 15 is 0 Å². The molecular formula is C8H5S6Se2-. The van der Waals surface area contributed by atoms with Crippen LogP contribution in [-0.2, 0) is 0 Å². The summed E-state index contributed by atoms with van der Waals surface area (Å²) >= 11 is 18.0. The van der Waals surface area contributed by atoms with Crippen molar-refractivity contribution in [2.75, 3.05) is 11.5 Å². The topological polar surface area (TPSA) is 0 Å². The van der Waals surface area contributed by atoms with Crippen molar-refractivity contribution in [3.05, 3.63) is 24.1 Å². The van der Waals surface area contributed by atoms with Gasteiger partial charge in [-0.1, -0.05) is 0 Å². The first-order valence-electron chi connectivity index (χ1n) is 4.30. The fraction of sp³-hybridized carbons (Fsp3) is 0.250. The van der Waals surface area contributed by atoms with Crippen LogP contribution in [0.4, 0.5) is 0 Å². The Kier molecular flexibility index (Phi) is 4.82. The molecule has 0 spiro atoms. The SMILES string of the molecule is SC1=C([Se-])SC(=C2SC3=C(SCCS3)S2)[Se]1. The van der Waals surface area contributed by atoms with Crippen LogP contribution in [0.5, 0.6) is 0 Å². The van der Waals surface area contributed by atoms with Gasteiger partial charge in [-0.3, -0.25) is 0 Å². The predicted molar refractivity (Wildman–Crippen MR) is 89.3 cm³/mol. The zero-order chi connectivity index (χ0) is 11.1. The molecule has 0 saturated carbocycles. The Bertz CT molecular complexity index is 402. The van der Waals surface area contributed by atoms with E-state index in [1.165, 1.54) is 35.6 Å². The van der Waals surface area contributed by atoms with Crippen molar-refractivity contribution in [2.24, 2.45) is 0 Å². The van der Waals surface area contributed by atoms with E-state index < -0.39 is 0 Å². The minimum atomic E-state index is 0.438. The van der Waals surface area contributed by atoms with Crippen LogP contribution in [-0.4, -0.2) is 42.5 Å². The summed E-state index contributed by atoms with van der Waals surface area (Å²) in [5.41, 5.74) is 0. The molecular weight excluding hydrogens is 446 g/mol. The average Bonchev–Trinajstić information content (AvgIpc) is 2.83. The molecule has 0 nitrogen and oxygen atoms in total. The van der Waals surface area contributed by atoms with Gasteiger partial charge in [-0.15, -0.1) is 0 Å². The fourth-order valence-corrected chi connectivity index (χ4v) is 13.7. The van der Waals surface area contributed by atoms with Gasteiger partial charge < -0.3 is 0 Å². The number of thioether (sulfide) groups is 5. The van der Waals surface area contributed by atoms with Gasteiger partial charge in [0.1, 0.15) is 0 Å². The quantitative estimate of drug-likeness (QED) is 0.437. The van der Waals surface area contributed by atoms with E-state index in [0.29, 0.717) is 15.0 Å². The van der Waals surface area contributed by atoms with Gasteiger partial charge in [0, 0.05) is 0 Å². The molecule has 0 aromatic carbocycles. The van der Waals surface area contributed by atoms with Gasteiger partial charge in [0.25, 0.3) is 0 Å². The normalized spacial score (nSPS) is 25.8. The molecule has 0 radical (unpaired) electrons. The standard InChI is InChI=1S/C8H6S6Se2/c9-3-7(15)14-8(16-3)6-12-4-5(13-6)11-2-1-10-4/h9,15H,1-2H2/p-1. The first-order valence-corrected chi connectivity index (χ1v) is 11.7. The van der Waals surface area contributed by atoms with Crippen molar-refractivity contribution in [1.29, 1.82) is 0 Å². The third-order valence-corrected chi connectivity index (χ3v) is 14.9.